The highest BCUT2D eigenvalue weighted by Crippen LogP contribution is 2.15. The van der Waals surface area contributed by atoms with Gasteiger partial charge in [0.15, 0.2) is 0 Å². The first-order valence-electron chi connectivity index (χ1n) is 8.34. The van der Waals surface area contributed by atoms with E-state index in [1.807, 2.05) is 24.4 Å². The van der Waals surface area contributed by atoms with Gasteiger partial charge in [-0.15, -0.1) is 0 Å². The number of nitrogens with zero attached hydrogens (tertiary/aromatic N) is 2. The molecule has 1 aliphatic heterocycles. The Morgan fingerprint density at radius 3 is 2.50 bits per heavy atom. The van der Waals surface area contributed by atoms with Gasteiger partial charge in [-0.3, -0.25) is 0 Å². The van der Waals surface area contributed by atoms with Gasteiger partial charge in [0, 0.05) is 25.3 Å². The Bertz CT molecular complexity index is 533. The van der Waals surface area contributed by atoms with Crippen LogP contribution in [-0.4, -0.2) is 35.6 Å². The van der Waals surface area contributed by atoms with E-state index >= 15 is 0 Å². The Kier molecular flexibility index (Phi) is 5.43. The molecule has 0 radical (unpaired) electrons. The fraction of sp³-hybridized carbons (Fsp3) is 0.421. The number of benzene rings is 1. The molecule has 0 spiro atoms. The minimum atomic E-state index is 0.570. The van der Waals surface area contributed by atoms with Gasteiger partial charge in [0.05, 0.1) is 0 Å². The van der Waals surface area contributed by atoms with Crippen LogP contribution in [0, 0.1) is 0 Å². The third-order valence-corrected chi connectivity index (χ3v) is 4.39. The predicted octanol–water partition coefficient (Wildman–Crippen LogP) is 3.59. The molecule has 1 aromatic carbocycles. The van der Waals surface area contributed by atoms with E-state index in [0.29, 0.717) is 6.04 Å². The van der Waals surface area contributed by atoms with Crippen LogP contribution in [0.2, 0.25) is 0 Å². The average Bonchev–Trinajstić information content (AvgIpc) is 2.58. The van der Waals surface area contributed by atoms with Crippen molar-refractivity contribution < 1.29 is 0 Å². The van der Waals surface area contributed by atoms with E-state index in [9.17, 15) is 0 Å². The molecule has 1 aliphatic rings. The molecule has 22 heavy (non-hydrogen) atoms. The normalized spacial score (nSPS) is 16.5. The highest BCUT2D eigenvalue weighted by Gasteiger charge is 2.18. The lowest BCUT2D eigenvalue weighted by molar-refractivity contribution is 0.217. The number of aromatic nitrogens is 1. The maximum Gasteiger partial charge on any atom is 0.126 e. The maximum atomic E-state index is 4.35. The van der Waals surface area contributed by atoms with Crippen molar-refractivity contribution in [2.75, 3.05) is 25.0 Å². The number of likely N-dealkylation sites (tertiary alicyclic amines) is 1. The number of piperidine rings is 1. The number of pyridine rings is 1. The second-order valence-corrected chi connectivity index (χ2v) is 6.06. The lowest BCUT2D eigenvalue weighted by Gasteiger charge is -2.32. The molecule has 1 aromatic heterocycles. The Balaban J connectivity index is 1.35. The highest BCUT2D eigenvalue weighted by molar-refractivity contribution is 5.34. The molecule has 3 rings (SSSR count). The van der Waals surface area contributed by atoms with E-state index in [0.717, 1.165) is 5.82 Å². The minimum Gasteiger partial charge on any atom is -0.367 e. The van der Waals surface area contributed by atoms with E-state index in [2.05, 4.69) is 45.5 Å². The van der Waals surface area contributed by atoms with Gasteiger partial charge in [-0.2, -0.15) is 0 Å². The molecule has 1 saturated heterocycles. The van der Waals surface area contributed by atoms with Crippen LogP contribution in [0.4, 0.5) is 5.82 Å². The Hall–Kier alpha value is -1.87. The molecule has 0 amide bonds. The first-order chi connectivity index (χ1) is 10.9. The summed E-state index contributed by atoms with van der Waals surface area (Å²) in [4.78, 5) is 6.95. The van der Waals surface area contributed by atoms with Gasteiger partial charge in [-0.05, 0) is 49.9 Å². The van der Waals surface area contributed by atoms with Crippen LogP contribution in [0.5, 0.6) is 0 Å². The van der Waals surface area contributed by atoms with Gasteiger partial charge in [-0.1, -0.05) is 36.4 Å². The van der Waals surface area contributed by atoms with E-state index < -0.39 is 0 Å². The van der Waals surface area contributed by atoms with Crippen LogP contribution in [0.1, 0.15) is 24.8 Å². The van der Waals surface area contributed by atoms with E-state index in [1.165, 1.54) is 50.9 Å². The van der Waals surface area contributed by atoms with E-state index in [-0.39, 0.29) is 0 Å². The quantitative estimate of drug-likeness (QED) is 0.882. The number of hydrogen-bond acceptors (Lipinski definition) is 3. The minimum absolute atomic E-state index is 0.570. The molecule has 0 atom stereocenters. The summed E-state index contributed by atoms with van der Waals surface area (Å²) in [7, 11) is 0. The predicted molar refractivity (Wildman–Crippen MR) is 92.1 cm³/mol. The SMILES string of the molecule is c1ccc(CCCN2CCC(Nc3ccccn3)CC2)cc1. The molecular weight excluding hydrogens is 270 g/mol. The standard InChI is InChI=1S/C19H25N3/c1-2-7-17(8-3-1)9-6-14-22-15-11-18(12-16-22)21-19-10-4-5-13-20-19/h1-5,7-8,10,13,18H,6,9,11-12,14-16H2,(H,20,21). The summed E-state index contributed by atoms with van der Waals surface area (Å²) in [6, 6.07) is 17.4. The molecule has 2 aromatic rings. The van der Waals surface area contributed by atoms with Gasteiger partial charge in [0.2, 0.25) is 0 Å². The molecule has 116 valence electrons. The molecule has 0 unspecified atom stereocenters. The second-order valence-electron chi connectivity index (χ2n) is 6.06. The maximum absolute atomic E-state index is 4.35. The van der Waals surface area contributed by atoms with Crippen molar-refractivity contribution in [3.05, 3.63) is 60.3 Å². The zero-order chi connectivity index (χ0) is 15.0. The van der Waals surface area contributed by atoms with E-state index in [1.54, 1.807) is 0 Å². The van der Waals surface area contributed by atoms with Crippen molar-refractivity contribution in [2.45, 2.75) is 31.7 Å². The van der Waals surface area contributed by atoms with Crippen LogP contribution >= 0.6 is 0 Å². The summed E-state index contributed by atoms with van der Waals surface area (Å²) in [5, 5.41) is 3.55. The molecule has 0 aliphatic carbocycles. The van der Waals surface area contributed by atoms with E-state index in [4.69, 9.17) is 0 Å². The van der Waals surface area contributed by atoms with Gasteiger partial charge in [0.25, 0.3) is 0 Å². The number of aryl methyl sites for hydroxylation is 1. The topological polar surface area (TPSA) is 28.2 Å². The largest absolute Gasteiger partial charge is 0.367 e. The fourth-order valence-electron chi connectivity index (χ4n) is 3.11. The molecule has 0 saturated carbocycles. The van der Waals surface area contributed by atoms with Crippen molar-refractivity contribution in [2.24, 2.45) is 0 Å². The molecule has 2 heterocycles. The zero-order valence-corrected chi connectivity index (χ0v) is 13.1. The lowest BCUT2D eigenvalue weighted by atomic mass is 10.0. The van der Waals surface area contributed by atoms with Crippen molar-refractivity contribution in [1.29, 1.82) is 0 Å². The first-order valence-corrected chi connectivity index (χ1v) is 8.34. The van der Waals surface area contributed by atoms with Crippen LogP contribution in [-0.2, 0) is 6.42 Å². The number of rotatable bonds is 6. The Labute approximate surface area is 133 Å². The lowest BCUT2D eigenvalue weighted by Crippen LogP contribution is -2.39. The third-order valence-electron chi connectivity index (χ3n) is 4.39. The number of anilines is 1. The smallest absolute Gasteiger partial charge is 0.126 e. The number of hydrogen-bond donors (Lipinski definition) is 1. The van der Waals surface area contributed by atoms with Crippen LogP contribution in [0.3, 0.4) is 0 Å². The molecule has 3 nitrogen and oxygen atoms in total. The van der Waals surface area contributed by atoms with Gasteiger partial charge in [0.1, 0.15) is 5.82 Å². The first kappa shape index (κ1) is 15.0. The summed E-state index contributed by atoms with van der Waals surface area (Å²) in [5.74, 6) is 1.00. The van der Waals surface area contributed by atoms with Crippen molar-refractivity contribution >= 4 is 5.82 Å². The van der Waals surface area contributed by atoms with Crippen LogP contribution in [0.15, 0.2) is 54.7 Å². The number of nitrogens with one attached hydrogen (secondary N) is 1. The van der Waals surface area contributed by atoms with Crippen LogP contribution in [0.25, 0.3) is 0 Å². The third kappa shape index (κ3) is 4.57. The summed E-state index contributed by atoms with van der Waals surface area (Å²) < 4.78 is 0. The average molecular weight is 295 g/mol. The van der Waals surface area contributed by atoms with Crippen LogP contribution < -0.4 is 5.32 Å². The van der Waals surface area contributed by atoms with Gasteiger partial charge < -0.3 is 10.2 Å². The summed E-state index contributed by atoms with van der Waals surface area (Å²) in [5.41, 5.74) is 1.45. The van der Waals surface area contributed by atoms with Crippen molar-refractivity contribution in [3.63, 3.8) is 0 Å². The molecular formula is C19H25N3. The molecule has 3 heteroatoms. The Morgan fingerprint density at radius 2 is 1.77 bits per heavy atom. The van der Waals surface area contributed by atoms with Crippen molar-refractivity contribution in [1.82, 2.24) is 9.88 Å². The van der Waals surface area contributed by atoms with Gasteiger partial charge >= 0.3 is 0 Å². The summed E-state index contributed by atoms with van der Waals surface area (Å²) >= 11 is 0. The monoisotopic (exact) mass is 295 g/mol. The zero-order valence-electron chi connectivity index (χ0n) is 13.1. The molecule has 0 bridgehead atoms. The summed E-state index contributed by atoms with van der Waals surface area (Å²) in [6.07, 6.45) is 6.71. The van der Waals surface area contributed by atoms with Crippen molar-refractivity contribution in [3.8, 4) is 0 Å². The second kappa shape index (κ2) is 7.95. The Morgan fingerprint density at radius 1 is 1.00 bits per heavy atom. The summed E-state index contributed by atoms with van der Waals surface area (Å²) in [6.45, 7) is 3.60. The molecule has 1 fully saturated rings. The molecule has 1 N–H and O–H groups in total. The highest BCUT2D eigenvalue weighted by atomic mass is 15.1. The fourth-order valence-corrected chi connectivity index (χ4v) is 3.11. The van der Waals surface area contributed by atoms with Gasteiger partial charge in [-0.25, -0.2) is 4.98 Å².